The highest BCUT2D eigenvalue weighted by Crippen LogP contribution is 2.15. The monoisotopic (exact) mass is 395 g/mol. The summed E-state index contributed by atoms with van der Waals surface area (Å²) >= 11 is 2.18. The number of rotatable bonds is 4. The fraction of sp³-hybridized carbons (Fsp3) is 0.125. The van der Waals surface area contributed by atoms with Crippen LogP contribution in [0.3, 0.4) is 0 Å². The van der Waals surface area contributed by atoms with Gasteiger partial charge in [-0.2, -0.15) is 0 Å². The van der Waals surface area contributed by atoms with E-state index in [9.17, 15) is 9.59 Å². The summed E-state index contributed by atoms with van der Waals surface area (Å²) in [6, 6.07) is 14.5. The number of carbonyl (C=O) groups is 2. The summed E-state index contributed by atoms with van der Waals surface area (Å²) in [6.45, 7) is 0. The first-order valence-electron chi connectivity index (χ1n) is 6.32. The van der Waals surface area contributed by atoms with Gasteiger partial charge in [-0.1, -0.05) is 24.3 Å². The van der Waals surface area contributed by atoms with E-state index in [0.29, 0.717) is 11.1 Å². The van der Waals surface area contributed by atoms with E-state index >= 15 is 0 Å². The van der Waals surface area contributed by atoms with Crippen LogP contribution in [0.25, 0.3) is 0 Å². The Morgan fingerprint density at radius 2 is 1.90 bits per heavy atom. The van der Waals surface area contributed by atoms with Crippen LogP contribution in [-0.2, 0) is 16.0 Å². The maximum atomic E-state index is 12.1. The number of halogens is 1. The number of ether oxygens (including phenoxy) is 1. The molecule has 5 heteroatoms. The van der Waals surface area contributed by atoms with Crippen molar-refractivity contribution in [3.05, 3.63) is 63.2 Å². The number of methoxy groups -OCH3 is 1. The van der Waals surface area contributed by atoms with Crippen LogP contribution in [0.2, 0.25) is 0 Å². The van der Waals surface area contributed by atoms with Crippen molar-refractivity contribution in [1.82, 2.24) is 0 Å². The van der Waals surface area contributed by atoms with Crippen molar-refractivity contribution in [2.75, 3.05) is 12.4 Å². The van der Waals surface area contributed by atoms with Gasteiger partial charge in [-0.25, -0.2) is 4.79 Å². The van der Waals surface area contributed by atoms with E-state index < -0.39 is 5.97 Å². The first kappa shape index (κ1) is 15.5. The molecule has 0 aliphatic rings. The van der Waals surface area contributed by atoms with Gasteiger partial charge in [-0.3, -0.25) is 4.79 Å². The molecule has 0 aliphatic carbocycles. The minimum Gasteiger partial charge on any atom is -0.465 e. The average molecular weight is 395 g/mol. The number of hydrogen-bond donors (Lipinski definition) is 1. The molecule has 4 nitrogen and oxygen atoms in total. The van der Waals surface area contributed by atoms with Gasteiger partial charge in [0.25, 0.3) is 0 Å². The third-order valence-corrected chi connectivity index (χ3v) is 3.55. The molecule has 0 unspecified atom stereocenters. The summed E-state index contributed by atoms with van der Waals surface area (Å²) in [7, 11) is 1.32. The van der Waals surface area contributed by atoms with E-state index in [1.807, 2.05) is 24.3 Å². The topological polar surface area (TPSA) is 55.4 Å². The smallest absolute Gasteiger partial charge is 0.338 e. The quantitative estimate of drug-likeness (QED) is 0.639. The van der Waals surface area contributed by atoms with Crippen molar-refractivity contribution < 1.29 is 14.3 Å². The lowest BCUT2D eigenvalue weighted by Gasteiger charge is -2.09. The molecule has 0 fully saturated rings. The molecule has 0 bridgehead atoms. The van der Waals surface area contributed by atoms with Crippen LogP contribution < -0.4 is 5.32 Å². The van der Waals surface area contributed by atoms with E-state index in [4.69, 9.17) is 4.74 Å². The SMILES string of the molecule is COC(=O)c1ccccc1CC(=O)Nc1cccc(I)c1. The van der Waals surface area contributed by atoms with Crippen LogP contribution in [0.5, 0.6) is 0 Å². The van der Waals surface area contributed by atoms with Gasteiger partial charge in [-0.05, 0) is 52.4 Å². The van der Waals surface area contributed by atoms with Gasteiger partial charge in [0.05, 0.1) is 19.1 Å². The van der Waals surface area contributed by atoms with E-state index in [0.717, 1.165) is 9.26 Å². The molecule has 0 aromatic heterocycles. The lowest BCUT2D eigenvalue weighted by atomic mass is 10.0. The Bertz CT molecular complexity index is 670. The number of nitrogens with one attached hydrogen (secondary N) is 1. The zero-order valence-electron chi connectivity index (χ0n) is 11.4. The van der Waals surface area contributed by atoms with Crippen molar-refractivity contribution in [3.8, 4) is 0 Å². The van der Waals surface area contributed by atoms with Gasteiger partial charge in [-0.15, -0.1) is 0 Å². The van der Waals surface area contributed by atoms with Crippen molar-refractivity contribution in [1.29, 1.82) is 0 Å². The summed E-state index contributed by atoms with van der Waals surface area (Å²) < 4.78 is 5.76. The van der Waals surface area contributed by atoms with Gasteiger partial charge in [0.1, 0.15) is 0 Å². The molecule has 2 rings (SSSR count). The molecule has 0 heterocycles. The third-order valence-electron chi connectivity index (χ3n) is 2.88. The summed E-state index contributed by atoms with van der Waals surface area (Å²) in [6.07, 6.45) is 0.122. The van der Waals surface area contributed by atoms with Gasteiger partial charge < -0.3 is 10.1 Å². The van der Waals surface area contributed by atoms with E-state index in [1.54, 1.807) is 24.3 Å². The minimum absolute atomic E-state index is 0.122. The molecule has 108 valence electrons. The zero-order valence-corrected chi connectivity index (χ0v) is 13.6. The number of esters is 1. The van der Waals surface area contributed by atoms with Gasteiger partial charge in [0, 0.05) is 9.26 Å². The van der Waals surface area contributed by atoms with Crippen LogP contribution in [0.4, 0.5) is 5.69 Å². The third kappa shape index (κ3) is 4.29. The van der Waals surface area contributed by atoms with Crippen LogP contribution >= 0.6 is 22.6 Å². The molecule has 0 saturated carbocycles. The molecule has 2 aromatic carbocycles. The Morgan fingerprint density at radius 1 is 1.14 bits per heavy atom. The van der Waals surface area contributed by atoms with Gasteiger partial charge >= 0.3 is 5.97 Å². The molecule has 21 heavy (non-hydrogen) atoms. The van der Waals surface area contributed by atoms with E-state index in [-0.39, 0.29) is 12.3 Å². The Kier molecular flexibility index (Phi) is 5.32. The second-order valence-electron chi connectivity index (χ2n) is 4.38. The summed E-state index contributed by atoms with van der Waals surface area (Å²) in [5.74, 6) is -0.610. The van der Waals surface area contributed by atoms with Crippen molar-refractivity contribution in [2.45, 2.75) is 6.42 Å². The predicted molar refractivity (Wildman–Crippen MR) is 89.3 cm³/mol. The number of benzene rings is 2. The normalized spacial score (nSPS) is 10.0. The second kappa shape index (κ2) is 7.21. The van der Waals surface area contributed by atoms with Crippen LogP contribution in [0, 0.1) is 3.57 Å². The number of amides is 1. The maximum absolute atomic E-state index is 12.1. The molecule has 1 N–H and O–H groups in total. The van der Waals surface area contributed by atoms with Crippen molar-refractivity contribution in [3.63, 3.8) is 0 Å². The molecule has 0 spiro atoms. The standard InChI is InChI=1S/C16H14INO3/c1-21-16(20)14-8-3-2-5-11(14)9-15(19)18-13-7-4-6-12(17)10-13/h2-8,10H,9H2,1H3,(H,18,19). The molecule has 0 aliphatic heterocycles. The summed E-state index contributed by atoms with van der Waals surface area (Å²) in [5.41, 5.74) is 1.80. The molecule has 0 atom stereocenters. The molecule has 0 radical (unpaired) electrons. The van der Waals surface area contributed by atoms with Crippen LogP contribution in [0.15, 0.2) is 48.5 Å². The molecule has 0 saturated heterocycles. The molecular formula is C16H14INO3. The van der Waals surface area contributed by atoms with Crippen LogP contribution in [0.1, 0.15) is 15.9 Å². The van der Waals surface area contributed by atoms with Gasteiger partial charge in [0.2, 0.25) is 5.91 Å². The Labute approximate surface area is 136 Å². The molecule has 1 amide bonds. The highest BCUT2D eigenvalue weighted by atomic mass is 127. The Morgan fingerprint density at radius 3 is 2.62 bits per heavy atom. The summed E-state index contributed by atoms with van der Waals surface area (Å²) in [4.78, 5) is 23.8. The highest BCUT2D eigenvalue weighted by Gasteiger charge is 2.13. The van der Waals surface area contributed by atoms with Crippen LogP contribution in [-0.4, -0.2) is 19.0 Å². The largest absolute Gasteiger partial charge is 0.465 e. The first-order valence-corrected chi connectivity index (χ1v) is 7.39. The average Bonchev–Trinajstić information content (AvgIpc) is 2.47. The molecule has 2 aromatic rings. The maximum Gasteiger partial charge on any atom is 0.338 e. The minimum atomic E-state index is -0.437. The fourth-order valence-corrected chi connectivity index (χ4v) is 2.47. The first-order chi connectivity index (χ1) is 10.1. The molecular weight excluding hydrogens is 381 g/mol. The zero-order chi connectivity index (χ0) is 15.2. The number of carbonyl (C=O) groups excluding carboxylic acids is 2. The predicted octanol–water partition coefficient (Wildman–Crippen LogP) is 3.26. The second-order valence-corrected chi connectivity index (χ2v) is 5.63. The fourth-order valence-electron chi connectivity index (χ4n) is 1.93. The lowest BCUT2D eigenvalue weighted by Crippen LogP contribution is -2.17. The Balaban J connectivity index is 2.11. The van der Waals surface area contributed by atoms with E-state index in [1.165, 1.54) is 7.11 Å². The van der Waals surface area contributed by atoms with Gasteiger partial charge in [0.15, 0.2) is 0 Å². The number of hydrogen-bond acceptors (Lipinski definition) is 3. The highest BCUT2D eigenvalue weighted by molar-refractivity contribution is 14.1. The lowest BCUT2D eigenvalue weighted by molar-refractivity contribution is -0.115. The van der Waals surface area contributed by atoms with Crippen molar-refractivity contribution >= 4 is 40.2 Å². The van der Waals surface area contributed by atoms with Crippen molar-refractivity contribution in [2.24, 2.45) is 0 Å². The Hall–Kier alpha value is -1.89. The van der Waals surface area contributed by atoms with E-state index in [2.05, 4.69) is 27.9 Å². The number of anilines is 1. The summed E-state index contributed by atoms with van der Waals surface area (Å²) in [5, 5.41) is 2.82.